The zero-order chi connectivity index (χ0) is 14.7. The number of rotatable bonds is 4. The average molecular weight is 281 g/mol. The first-order valence-electron chi connectivity index (χ1n) is 6.87. The first-order valence-corrected chi connectivity index (χ1v) is 6.87. The second kappa shape index (κ2) is 5.75. The van der Waals surface area contributed by atoms with Crippen molar-refractivity contribution in [1.29, 1.82) is 0 Å². The maximum absolute atomic E-state index is 11.6. The lowest BCUT2D eigenvalue weighted by Crippen LogP contribution is -2.10. The van der Waals surface area contributed by atoms with Crippen molar-refractivity contribution in [2.45, 2.75) is 19.8 Å². The smallest absolute Gasteiger partial charge is 0.227 e. The van der Waals surface area contributed by atoms with Crippen LogP contribution in [-0.4, -0.2) is 15.9 Å². The van der Waals surface area contributed by atoms with E-state index in [0.717, 1.165) is 23.2 Å². The molecule has 1 N–H and O–H groups in total. The highest BCUT2D eigenvalue weighted by Gasteiger charge is 2.09. The Morgan fingerprint density at radius 2 is 2.05 bits per heavy atom. The number of aromatic nitrogens is 2. The van der Waals surface area contributed by atoms with Crippen LogP contribution in [-0.2, 0) is 4.79 Å². The van der Waals surface area contributed by atoms with Crippen molar-refractivity contribution in [3.63, 3.8) is 0 Å². The Labute approximate surface area is 122 Å². The molecule has 21 heavy (non-hydrogen) atoms. The van der Waals surface area contributed by atoms with Gasteiger partial charge < -0.3 is 9.73 Å². The van der Waals surface area contributed by atoms with Gasteiger partial charge in [-0.3, -0.25) is 9.78 Å². The number of fused-ring (bicyclic) bond motifs is 1. The number of nitrogens with one attached hydrogen (secondary N) is 1. The van der Waals surface area contributed by atoms with Crippen LogP contribution in [0, 0.1) is 0 Å². The van der Waals surface area contributed by atoms with Gasteiger partial charge in [0.25, 0.3) is 0 Å². The van der Waals surface area contributed by atoms with Crippen LogP contribution in [0.25, 0.3) is 22.6 Å². The van der Waals surface area contributed by atoms with E-state index < -0.39 is 0 Å². The minimum atomic E-state index is 0.00530. The number of anilines is 1. The molecule has 0 spiro atoms. The summed E-state index contributed by atoms with van der Waals surface area (Å²) in [6, 6.07) is 9.14. The van der Waals surface area contributed by atoms with E-state index in [9.17, 15) is 4.79 Å². The molecule has 0 bridgehead atoms. The van der Waals surface area contributed by atoms with Crippen LogP contribution < -0.4 is 5.32 Å². The van der Waals surface area contributed by atoms with Gasteiger partial charge in [0.05, 0.1) is 0 Å². The van der Waals surface area contributed by atoms with Gasteiger partial charge in [-0.05, 0) is 30.7 Å². The Balaban J connectivity index is 1.90. The Bertz CT molecular complexity index is 766. The van der Waals surface area contributed by atoms with E-state index in [1.807, 2.05) is 31.2 Å². The normalized spacial score (nSPS) is 10.7. The number of amides is 1. The van der Waals surface area contributed by atoms with Crippen LogP contribution in [0.4, 0.5) is 5.69 Å². The summed E-state index contributed by atoms with van der Waals surface area (Å²) in [5.41, 5.74) is 3.00. The van der Waals surface area contributed by atoms with Crippen molar-refractivity contribution in [1.82, 2.24) is 9.97 Å². The first kappa shape index (κ1) is 13.3. The maximum atomic E-state index is 11.6. The molecule has 1 aromatic carbocycles. The van der Waals surface area contributed by atoms with Gasteiger partial charge >= 0.3 is 0 Å². The molecule has 2 aromatic heterocycles. The minimum Gasteiger partial charge on any atom is -0.436 e. The van der Waals surface area contributed by atoms with Crippen molar-refractivity contribution >= 4 is 22.7 Å². The third-order valence-corrected chi connectivity index (χ3v) is 3.08. The SMILES string of the molecule is CCCC(=O)Nc1ccc2nc(-c3ccncc3)oc2c1. The quantitative estimate of drug-likeness (QED) is 0.793. The Morgan fingerprint density at radius 3 is 2.81 bits per heavy atom. The summed E-state index contributed by atoms with van der Waals surface area (Å²) in [7, 11) is 0. The number of hydrogen-bond donors (Lipinski definition) is 1. The van der Waals surface area contributed by atoms with Gasteiger partial charge in [0.1, 0.15) is 5.52 Å². The van der Waals surface area contributed by atoms with Gasteiger partial charge in [0.2, 0.25) is 11.8 Å². The van der Waals surface area contributed by atoms with E-state index in [2.05, 4.69) is 15.3 Å². The molecule has 3 rings (SSSR count). The molecule has 0 aliphatic heterocycles. The minimum absolute atomic E-state index is 0.00530. The fourth-order valence-corrected chi connectivity index (χ4v) is 2.07. The molecule has 0 saturated carbocycles. The van der Waals surface area contributed by atoms with Crippen molar-refractivity contribution in [3.05, 3.63) is 42.7 Å². The number of pyridine rings is 1. The van der Waals surface area contributed by atoms with E-state index in [-0.39, 0.29) is 5.91 Å². The number of carbonyl (C=O) groups is 1. The van der Waals surface area contributed by atoms with Gasteiger partial charge in [-0.15, -0.1) is 0 Å². The Kier molecular flexibility index (Phi) is 3.64. The zero-order valence-electron chi connectivity index (χ0n) is 11.7. The highest BCUT2D eigenvalue weighted by Crippen LogP contribution is 2.25. The summed E-state index contributed by atoms with van der Waals surface area (Å²) in [6.07, 6.45) is 4.72. The number of oxazole rings is 1. The van der Waals surface area contributed by atoms with Gasteiger partial charge in [-0.1, -0.05) is 6.92 Å². The average Bonchev–Trinajstić information content (AvgIpc) is 2.91. The number of hydrogen-bond acceptors (Lipinski definition) is 4. The number of nitrogens with zero attached hydrogens (tertiary/aromatic N) is 2. The lowest BCUT2D eigenvalue weighted by Gasteiger charge is -2.02. The second-order valence-corrected chi connectivity index (χ2v) is 4.74. The van der Waals surface area contributed by atoms with E-state index in [0.29, 0.717) is 17.9 Å². The predicted octanol–water partition coefficient (Wildman–Crippen LogP) is 3.63. The molecule has 2 heterocycles. The molecule has 1 amide bonds. The summed E-state index contributed by atoms with van der Waals surface area (Å²) in [5, 5.41) is 2.85. The Hall–Kier alpha value is -2.69. The summed E-state index contributed by atoms with van der Waals surface area (Å²) in [4.78, 5) is 20.0. The van der Waals surface area contributed by atoms with Gasteiger partial charge in [-0.2, -0.15) is 0 Å². The van der Waals surface area contributed by atoms with Crippen molar-refractivity contribution in [3.8, 4) is 11.5 Å². The Morgan fingerprint density at radius 1 is 1.24 bits per heavy atom. The predicted molar refractivity (Wildman–Crippen MR) is 80.8 cm³/mol. The molecule has 0 saturated heterocycles. The molecule has 0 unspecified atom stereocenters. The van der Waals surface area contributed by atoms with Crippen molar-refractivity contribution in [2.24, 2.45) is 0 Å². The topological polar surface area (TPSA) is 68.0 Å². The number of carbonyl (C=O) groups excluding carboxylic acids is 1. The van der Waals surface area contributed by atoms with Gasteiger partial charge in [0, 0.05) is 36.1 Å². The highest BCUT2D eigenvalue weighted by atomic mass is 16.3. The van der Waals surface area contributed by atoms with E-state index in [4.69, 9.17) is 4.42 Å². The van der Waals surface area contributed by atoms with Gasteiger partial charge in [-0.25, -0.2) is 4.98 Å². The molecule has 0 radical (unpaired) electrons. The monoisotopic (exact) mass is 281 g/mol. The summed E-state index contributed by atoms with van der Waals surface area (Å²) >= 11 is 0. The zero-order valence-corrected chi connectivity index (χ0v) is 11.7. The largest absolute Gasteiger partial charge is 0.436 e. The maximum Gasteiger partial charge on any atom is 0.227 e. The molecule has 3 aromatic rings. The fraction of sp³-hybridized carbons (Fsp3) is 0.188. The molecule has 0 fully saturated rings. The van der Waals surface area contributed by atoms with Gasteiger partial charge in [0.15, 0.2) is 5.58 Å². The van der Waals surface area contributed by atoms with Crippen LogP contribution in [0.1, 0.15) is 19.8 Å². The summed E-state index contributed by atoms with van der Waals surface area (Å²) in [5.74, 6) is 0.551. The molecule has 106 valence electrons. The van der Waals surface area contributed by atoms with Crippen LogP contribution >= 0.6 is 0 Å². The van der Waals surface area contributed by atoms with Crippen LogP contribution in [0.15, 0.2) is 47.1 Å². The fourth-order valence-electron chi connectivity index (χ4n) is 2.07. The van der Waals surface area contributed by atoms with E-state index in [1.165, 1.54) is 0 Å². The summed E-state index contributed by atoms with van der Waals surface area (Å²) < 4.78 is 5.75. The standard InChI is InChI=1S/C16H15N3O2/c1-2-3-15(20)18-12-4-5-13-14(10-12)21-16(19-13)11-6-8-17-9-7-11/h4-10H,2-3H2,1H3,(H,18,20). The molecule has 5 heteroatoms. The van der Waals surface area contributed by atoms with Crippen LogP contribution in [0.5, 0.6) is 0 Å². The molecule has 0 atom stereocenters. The molecule has 0 aliphatic rings. The lowest BCUT2D eigenvalue weighted by atomic mass is 10.2. The van der Waals surface area contributed by atoms with Crippen LogP contribution in [0.3, 0.4) is 0 Å². The lowest BCUT2D eigenvalue weighted by molar-refractivity contribution is -0.116. The molecular weight excluding hydrogens is 266 g/mol. The third-order valence-electron chi connectivity index (χ3n) is 3.08. The van der Waals surface area contributed by atoms with E-state index in [1.54, 1.807) is 18.5 Å². The molecule has 5 nitrogen and oxygen atoms in total. The first-order chi connectivity index (χ1) is 10.3. The molecule has 0 aliphatic carbocycles. The van der Waals surface area contributed by atoms with Crippen molar-refractivity contribution in [2.75, 3.05) is 5.32 Å². The van der Waals surface area contributed by atoms with E-state index >= 15 is 0 Å². The van der Waals surface area contributed by atoms with Crippen molar-refractivity contribution < 1.29 is 9.21 Å². The highest BCUT2D eigenvalue weighted by molar-refractivity contribution is 5.92. The summed E-state index contributed by atoms with van der Waals surface area (Å²) in [6.45, 7) is 1.97. The molecular formula is C16H15N3O2. The number of benzene rings is 1. The van der Waals surface area contributed by atoms with Crippen LogP contribution in [0.2, 0.25) is 0 Å². The second-order valence-electron chi connectivity index (χ2n) is 4.74. The third kappa shape index (κ3) is 2.91.